The van der Waals surface area contributed by atoms with E-state index in [0.29, 0.717) is 5.69 Å². The lowest BCUT2D eigenvalue weighted by Crippen LogP contribution is -2.44. The van der Waals surface area contributed by atoms with Gasteiger partial charge in [0.15, 0.2) is 0 Å². The fourth-order valence-corrected chi connectivity index (χ4v) is 1.75. The number of hydrogen-bond acceptors (Lipinski definition) is 4. The van der Waals surface area contributed by atoms with E-state index in [1.807, 2.05) is 0 Å². The Balaban J connectivity index is 1.95. The highest BCUT2D eigenvalue weighted by Crippen LogP contribution is 2.12. The van der Waals surface area contributed by atoms with Crippen LogP contribution in [0.3, 0.4) is 0 Å². The maximum Gasteiger partial charge on any atom is 0.246 e. The lowest BCUT2D eigenvalue weighted by molar-refractivity contribution is -0.125. The quantitative estimate of drug-likeness (QED) is 0.813. The van der Waals surface area contributed by atoms with E-state index in [9.17, 15) is 9.59 Å². The summed E-state index contributed by atoms with van der Waals surface area (Å²) in [7, 11) is 0. The lowest BCUT2D eigenvalue weighted by Gasteiger charge is -2.15. The molecule has 0 aliphatic carbocycles. The number of nitrogens with one attached hydrogen (secondary N) is 2. The Morgan fingerprint density at radius 3 is 2.41 bits per heavy atom. The molecule has 0 bridgehead atoms. The van der Waals surface area contributed by atoms with Crippen molar-refractivity contribution in [1.29, 1.82) is 0 Å². The second-order valence-electron chi connectivity index (χ2n) is 4.72. The molecule has 2 atom stereocenters. The van der Waals surface area contributed by atoms with Crippen LogP contribution in [0.1, 0.15) is 13.8 Å². The third-order valence-electron chi connectivity index (χ3n) is 2.93. The molecule has 116 valence electrons. The Morgan fingerprint density at radius 2 is 1.86 bits per heavy atom. The number of carbonyl (C=O) groups is 2. The van der Waals surface area contributed by atoms with Gasteiger partial charge < -0.3 is 10.6 Å². The van der Waals surface area contributed by atoms with Gasteiger partial charge in [-0.1, -0.05) is 0 Å². The third kappa shape index (κ3) is 4.05. The van der Waals surface area contributed by atoms with Gasteiger partial charge in [0.05, 0.1) is 5.69 Å². The number of nitrogens with zero attached hydrogens (tertiary/aromatic N) is 3. The van der Waals surface area contributed by atoms with Gasteiger partial charge in [-0.2, -0.15) is 5.10 Å². The number of aromatic nitrogens is 3. The molecule has 1 heterocycles. The average Bonchev–Trinajstić information content (AvgIpc) is 3.02. The molecule has 22 heavy (non-hydrogen) atoms. The highest BCUT2D eigenvalue weighted by molar-refractivity contribution is 6.30. The van der Waals surface area contributed by atoms with Gasteiger partial charge in [0, 0.05) is 5.69 Å². The van der Waals surface area contributed by atoms with E-state index in [1.54, 1.807) is 49.1 Å². The van der Waals surface area contributed by atoms with Gasteiger partial charge in [-0.25, -0.2) is 9.67 Å². The molecule has 2 aromatic rings. The van der Waals surface area contributed by atoms with Crippen molar-refractivity contribution in [2.75, 3.05) is 5.32 Å². The summed E-state index contributed by atoms with van der Waals surface area (Å²) in [5.41, 5.74) is 1.45. The zero-order chi connectivity index (χ0) is 16.1. The van der Waals surface area contributed by atoms with E-state index in [2.05, 4.69) is 20.7 Å². The third-order valence-corrected chi connectivity index (χ3v) is 3.13. The average molecular weight is 322 g/mol. The molecule has 0 saturated carbocycles. The molecule has 8 heteroatoms. The molecule has 0 aliphatic rings. The van der Waals surface area contributed by atoms with Crippen LogP contribution >= 0.6 is 11.6 Å². The number of amides is 2. The minimum Gasteiger partial charge on any atom is -0.343 e. The van der Waals surface area contributed by atoms with Crippen molar-refractivity contribution in [1.82, 2.24) is 20.1 Å². The highest BCUT2D eigenvalue weighted by Gasteiger charge is 2.18. The predicted octanol–water partition coefficient (Wildman–Crippen LogP) is 1.34. The maximum absolute atomic E-state index is 12.0. The molecule has 0 radical (unpaired) electrons. The normalized spacial score (nSPS) is 13.2. The minimum atomic E-state index is -0.683. The van der Waals surface area contributed by atoms with Gasteiger partial charge >= 0.3 is 0 Å². The summed E-state index contributed by atoms with van der Waals surface area (Å²) in [5.74, 6) is -0.704. The van der Waals surface area contributed by atoms with E-state index >= 15 is 0 Å². The smallest absolute Gasteiger partial charge is 0.246 e. The molecule has 2 rings (SSSR count). The fraction of sp³-hybridized carbons (Fsp3) is 0.286. The zero-order valence-electron chi connectivity index (χ0n) is 12.2. The number of anilines is 1. The van der Waals surface area contributed by atoms with Gasteiger partial charge in [0.1, 0.15) is 24.1 Å². The summed E-state index contributed by atoms with van der Waals surface area (Å²) in [6, 6.07) is 6.41. The first-order chi connectivity index (χ1) is 10.5. The summed E-state index contributed by atoms with van der Waals surface area (Å²) in [6.45, 7) is 3.14. The highest BCUT2D eigenvalue weighted by atomic mass is 35.5. The number of hydrogen-bond donors (Lipinski definition) is 2. The molecule has 2 unspecified atom stereocenters. The molecule has 2 N–H and O–H groups in total. The van der Waals surface area contributed by atoms with E-state index < -0.39 is 11.4 Å². The molecule has 2 amide bonds. The van der Waals surface area contributed by atoms with Gasteiger partial charge in [-0.3, -0.25) is 9.59 Å². The summed E-state index contributed by atoms with van der Waals surface area (Å²) in [4.78, 5) is 27.3. The maximum atomic E-state index is 12.0. The first-order valence-electron chi connectivity index (χ1n) is 6.67. The Bertz CT molecular complexity index is 640. The number of rotatable bonds is 5. The monoisotopic (exact) mass is 321 g/mol. The summed E-state index contributed by atoms with van der Waals surface area (Å²) in [6.07, 6.45) is 3.02. The van der Waals surface area contributed by atoms with Gasteiger partial charge in [-0.15, -0.1) is 11.6 Å². The molecular formula is C14H16ClN5O2. The van der Waals surface area contributed by atoms with Gasteiger partial charge in [-0.05, 0) is 38.1 Å². The van der Waals surface area contributed by atoms with E-state index in [-0.39, 0.29) is 11.8 Å². The Kier molecular flexibility index (Phi) is 5.11. The van der Waals surface area contributed by atoms with Crippen LogP contribution in [-0.2, 0) is 9.59 Å². The Hall–Kier alpha value is -2.41. The van der Waals surface area contributed by atoms with Crippen molar-refractivity contribution in [2.45, 2.75) is 25.3 Å². The molecule has 0 spiro atoms. The second-order valence-corrected chi connectivity index (χ2v) is 5.38. The van der Waals surface area contributed by atoms with Crippen LogP contribution < -0.4 is 10.6 Å². The summed E-state index contributed by atoms with van der Waals surface area (Å²) >= 11 is 5.65. The van der Waals surface area contributed by atoms with Crippen molar-refractivity contribution in [3.63, 3.8) is 0 Å². The first kappa shape index (κ1) is 16.0. The van der Waals surface area contributed by atoms with Crippen LogP contribution in [0.2, 0.25) is 0 Å². The second kappa shape index (κ2) is 7.04. The van der Waals surface area contributed by atoms with Crippen LogP contribution in [0.25, 0.3) is 5.69 Å². The van der Waals surface area contributed by atoms with Crippen LogP contribution in [0.15, 0.2) is 36.9 Å². The van der Waals surface area contributed by atoms with E-state index in [4.69, 9.17) is 11.6 Å². The van der Waals surface area contributed by atoms with Crippen molar-refractivity contribution in [3.05, 3.63) is 36.9 Å². The van der Waals surface area contributed by atoms with Gasteiger partial charge in [0.2, 0.25) is 11.8 Å². The van der Waals surface area contributed by atoms with E-state index in [0.717, 1.165) is 5.69 Å². The zero-order valence-corrected chi connectivity index (χ0v) is 12.9. The largest absolute Gasteiger partial charge is 0.343 e. The number of alkyl halides is 1. The Morgan fingerprint density at radius 1 is 1.18 bits per heavy atom. The van der Waals surface area contributed by atoms with E-state index in [1.165, 1.54) is 6.33 Å². The molecule has 0 saturated heterocycles. The van der Waals surface area contributed by atoms with Gasteiger partial charge in [0.25, 0.3) is 0 Å². The van der Waals surface area contributed by atoms with Crippen LogP contribution in [0.4, 0.5) is 5.69 Å². The SMILES string of the molecule is CC(Cl)C(=O)NC(C)C(=O)Nc1ccc(-n2cncn2)cc1. The fourth-order valence-electron chi connectivity index (χ4n) is 1.68. The van der Waals surface area contributed by atoms with Crippen molar-refractivity contribution in [2.24, 2.45) is 0 Å². The molecule has 1 aromatic heterocycles. The molecule has 1 aromatic carbocycles. The number of benzene rings is 1. The standard InChI is InChI=1S/C14H16ClN5O2/c1-9(15)13(21)18-10(2)14(22)19-11-3-5-12(6-4-11)20-8-16-7-17-20/h3-10H,1-2H3,(H,18,21)(H,19,22). The van der Waals surface area contributed by atoms with Crippen molar-refractivity contribution >= 4 is 29.1 Å². The Labute approximate surface area is 132 Å². The number of carbonyl (C=O) groups excluding carboxylic acids is 2. The molecular weight excluding hydrogens is 306 g/mol. The van der Waals surface area contributed by atoms with Crippen LogP contribution in [-0.4, -0.2) is 38.0 Å². The van der Waals surface area contributed by atoms with Crippen molar-refractivity contribution in [3.8, 4) is 5.69 Å². The van der Waals surface area contributed by atoms with Crippen LogP contribution in [0, 0.1) is 0 Å². The minimum absolute atomic E-state index is 0.320. The molecule has 7 nitrogen and oxygen atoms in total. The topological polar surface area (TPSA) is 88.9 Å². The lowest BCUT2D eigenvalue weighted by atomic mass is 10.2. The first-order valence-corrected chi connectivity index (χ1v) is 7.11. The predicted molar refractivity (Wildman–Crippen MR) is 82.9 cm³/mol. The van der Waals surface area contributed by atoms with Crippen LogP contribution in [0.5, 0.6) is 0 Å². The number of halogens is 1. The summed E-state index contributed by atoms with van der Waals surface area (Å²) < 4.78 is 1.61. The molecule has 0 fully saturated rings. The van der Waals surface area contributed by atoms with Crippen molar-refractivity contribution < 1.29 is 9.59 Å². The summed E-state index contributed by atoms with van der Waals surface area (Å²) in [5, 5.41) is 8.57. The molecule has 0 aliphatic heterocycles.